The van der Waals surface area contributed by atoms with Crippen LogP contribution in [0.3, 0.4) is 0 Å². The molecule has 0 bridgehead atoms. The molecular weight excluding hydrogens is 274 g/mol. The quantitative estimate of drug-likeness (QED) is 0.507. The summed E-state index contributed by atoms with van der Waals surface area (Å²) in [6.45, 7) is -0.0486. The Labute approximate surface area is 116 Å². The third-order valence-electron chi connectivity index (χ3n) is 3.09. The van der Waals surface area contributed by atoms with E-state index in [-0.39, 0.29) is 19.0 Å². The van der Waals surface area contributed by atoms with Gasteiger partial charge < -0.3 is 14.2 Å². The first kappa shape index (κ1) is 16.8. The number of carbonyl (C=O) groups is 2. The fraction of sp³-hybridized carbons (Fsp3) is 0.846. The average Bonchev–Trinajstić information content (AvgIpc) is 2.41. The van der Waals surface area contributed by atoms with Gasteiger partial charge in [0.15, 0.2) is 6.10 Å². The molecule has 116 valence electrons. The summed E-state index contributed by atoms with van der Waals surface area (Å²) in [4.78, 5) is 22.0. The Morgan fingerprint density at radius 2 is 1.95 bits per heavy atom. The minimum absolute atomic E-state index is 0.172. The van der Waals surface area contributed by atoms with Gasteiger partial charge in [-0.15, -0.1) is 0 Å². The van der Waals surface area contributed by atoms with Gasteiger partial charge in [-0.05, 0) is 12.8 Å². The van der Waals surface area contributed by atoms with Crippen molar-refractivity contribution >= 4 is 12.4 Å². The van der Waals surface area contributed by atoms with Gasteiger partial charge in [0.25, 0.3) is 6.47 Å². The lowest BCUT2D eigenvalue weighted by molar-refractivity contribution is -0.240. The van der Waals surface area contributed by atoms with Crippen LogP contribution in [0, 0.1) is 5.92 Å². The van der Waals surface area contributed by atoms with E-state index >= 15 is 0 Å². The molecule has 1 atom stereocenters. The van der Waals surface area contributed by atoms with Crippen LogP contribution in [0.4, 0.5) is 8.78 Å². The van der Waals surface area contributed by atoms with Crippen LogP contribution in [0.25, 0.3) is 0 Å². The van der Waals surface area contributed by atoms with E-state index in [0.717, 1.165) is 32.1 Å². The molecule has 1 aliphatic carbocycles. The molecule has 20 heavy (non-hydrogen) atoms. The molecule has 0 radical (unpaired) electrons. The van der Waals surface area contributed by atoms with E-state index in [2.05, 4.69) is 9.47 Å². The van der Waals surface area contributed by atoms with Gasteiger partial charge in [-0.1, -0.05) is 19.3 Å². The Hall–Kier alpha value is -1.24. The molecule has 1 fully saturated rings. The predicted octanol–water partition coefficient (Wildman–Crippen LogP) is 2.28. The number of carbonyl (C=O) groups excluding carboxylic acids is 2. The largest absolute Gasteiger partial charge is 0.464 e. The van der Waals surface area contributed by atoms with Crippen molar-refractivity contribution in [1.29, 1.82) is 0 Å². The lowest BCUT2D eigenvalue weighted by atomic mass is 9.89. The molecule has 0 aromatic rings. The van der Waals surface area contributed by atoms with Crippen LogP contribution in [-0.4, -0.2) is 37.9 Å². The van der Waals surface area contributed by atoms with Crippen molar-refractivity contribution in [1.82, 2.24) is 0 Å². The number of esters is 1. The first-order valence-corrected chi connectivity index (χ1v) is 6.70. The van der Waals surface area contributed by atoms with E-state index in [1.165, 1.54) is 0 Å². The maximum atomic E-state index is 12.6. The number of alkyl halides is 2. The highest BCUT2D eigenvalue weighted by molar-refractivity contribution is 5.72. The number of halogens is 2. The molecule has 7 heteroatoms. The maximum Gasteiger partial charge on any atom is 0.353 e. The van der Waals surface area contributed by atoms with Gasteiger partial charge in [0.1, 0.15) is 6.61 Å². The second-order valence-corrected chi connectivity index (χ2v) is 4.94. The molecule has 0 aromatic heterocycles. The van der Waals surface area contributed by atoms with Crippen molar-refractivity contribution in [2.45, 2.75) is 51.2 Å². The van der Waals surface area contributed by atoms with Crippen molar-refractivity contribution in [2.24, 2.45) is 5.92 Å². The third kappa shape index (κ3) is 6.79. The summed E-state index contributed by atoms with van der Waals surface area (Å²) in [5.74, 6) is -0.642. The predicted molar refractivity (Wildman–Crippen MR) is 65.0 cm³/mol. The van der Waals surface area contributed by atoms with Gasteiger partial charge in [-0.2, -0.15) is 8.78 Å². The second-order valence-electron chi connectivity index (χ2n) is 4.94. The highest BCUT2D eigenvalue weighted by Gasteiger charge is 2.29. The zero-order valence-corrected chi connectivity index (χ0v) is 11.5. The van der Waals surface area contributed by atoms with Crippen molar-refractivity contribution in [3.63, 3.8) is 0 Å². The van der Waals surface area contributed by atoms with Crippen LogP contribution in [0.2, 0.25) is 0 Å². The Morgan fingerprint density at radius 1 is 1.30 bits per heavy atom. The monoisotopic (exact) mass is 294 g/mol. The Bertz CT molecular complexity index is 310. The number of hydrogen-bond donors (Lipinski definition) is 0. The zero-order chi connectivity index (χ0) is 15.0. The number of ether oxygens (including phenoxy) is 3. The molecule has 0 N–H and O–H groups in total. The highest BCUT2D eigenvalue weighted by atomic mass is 19.3. The van der Waals surface area contributed by atoms with Gasteiger partial charge in [0.2, 0.25) is 0 Å². The van der Waals surface area contributed by atoms with Crippen LogP contribution < -0.4 is 0 Å². The number of hydrogen-bond acceptors (Lipinski definition) is 5. The Morgan fingerprint density at radius 3 is 2.50 bits per heavy atom. The SMILES string of the molecule is CC(F)(F)OCC(COC=O)OC(=O)C1CCCCC1. The minimum atomic E-state index is -3.32. The van der Waals surface area contributed by atoms with Crippen molar-refractivity contribution in [3.8, 4) is 0 Å². The highest BCUT2D eigenvalue weighted by Crippen LogP contribution is 2.25. The van der Waals surface area contributed by atoms with Gasteiger partial charge in [-0.3, -0.25) is 9.59 Å². The minimum Gasteiger partial charge on any atom is -0.464 e. The van der Waals surface area contributed by atoms with E-state index in [1.807, 2.05) is 0 Å². The van der Waals surface area contributed by atoms with Crippen LogP contribution in [0.1, 0.15) is 39.0 Å². The van der Waals surface area contributed by atoms with E-state index in [1.54, 1.807) is 0 Å². The molecule has 5 nitrogen and oxygen atoms in total. The molecule has 0 aromatic carbocycles. The smallest absolute Gasteiger partial charge is 0.353 e. The normalized spacial score (nSPS) is 18.4. The van der Waals surface area contributed by atoms with E-state index in [9.17, 15) is 18.4 Å². The zero-order valence-electron chi connectivity index (χ0n) is 11.5. The second kappa shape index (κ2) is 8.14. The first-order valence-electron chi connectivity index (χ1n) is 6.70. The first-order chi connectivity index (χ1) is 9.42. The molecule has 0 heterocycles. The van der Waals surface area contributed by atoms with Crippen molar-refractivity contribution < 1.29 is 32.6 Å². The summed E-state index contributed by atoms with van der Waals surface area (Å²) < 4.78 is 39.1. The van der Waals surface area contributed by atoms with E-state index in [0.29, 0.717) is 6.92 Å². The Balaban J connectivity index is 2.45. The van der Waals surface area contributed by atoms with Gasteiger partial charge in [0, 0.05) is 6.92 Å². The maximum absolute atomic E-state index is 12.6. The standard InChI is InChI=1S/C13H20F2O5/c1-13(14,15)19-8-11(7-18-9-16)20-12(17)10-5-3-2-4-6-10/h9-11H,2-8H2,1H3. The summed E-state index contributed by atoms with van der Waals surface area (Å²) in [5, 5.41) is 0. The molecule has 1 saturated carbocycles. The van der Waals surface area contributed by atoms with Crippen LogP contribution in [-0.2, 0) is 23.8 Å². The molecular formula is C13H20F2O5. The summed E-state index contributed by atoms with van der Waals surface area (Å²) >= 11 is 0. The molecule has 0 amide bonds. The molecule has 1 rings (SSSR count). The third-order valence-corrected chi connectivity index (χ3v) is 3.09. The van der Waals surface area contributed by atoms with Gasteiger partial charge >= 0.3 is 12.1 Å². The summed E-state index contributed by atoms with van der Waals surface area (Å²) in [5.41, 5.74) is 0. The molecule has 0 spiro atoms. The summed E-state index contributed by atoms with van der Waals surface area (Å²) in [7, 11) is 0. The van der Waals surface area contributed by atoms with Crippen molar-refractivity contribution in [2.75, 3.05) is 13.2 Å². The fourth-order valence-corrected chi connectivity index (χ4v) is 2.10. The molecule has 0 aliphatic heterocycles. The van der Waals surface area contributed by atoms with E-state index < -0.39 is 24.8 Å². The van der Waals surface area contributed by atoms with Crippen molar-refractivity contribution in [3.05, 3.63) is 0 Å². The summed E-state index contributed by atoms with van der Waals surface area (Å²) in [6.07, 6.45) is 0.150. The number of rotatable bonds is 8. The summed E-state index contributed by atoms with van der Waals surface area (Å²) in [6, 6.07) is 0. The topological polar surface area (TPSA) is 61.8 Å². The lowest BCUT2D eigenvalue weighted by Gasteiger charge is -2.24. The van der Waals surface area contributed by atoms with E-state index in [4.69, 9.17) is 4.74 Å². The lowest BCUT2D eigenvalue weighted by Crippen LogP contribution is -2.34. The van der Waals surface area contributed by atoms with Crippen LogP contribution >= 0.6 is 0 Å². The van der Waals surface area contributed by atoms with Crippen LogP contribution in [0.15, 0.2) is 0 Å². The fourth-order valence-electron chi connectivity index (χ4n) is 2.10. The Kier molecular flexibility index (Phi) is 6.84. The van der Waals surface area contributed by atoms with Crippen LogP contribution in [0.5, 0.6) is 0 Å². The van der Waals surface area contributed by atoms with Gasteiger partial charge in [0.05, 0.1) is 12.5 Å². The molecule has 0 saturated heterocycles. The average molecular weight is 294 g/mol. The molecule has 1 unspecified atom stereocenters. The molecule has 1 aliphatic rings. The van der Waals surface area contributed by atoms with Gasteiger partial charge in [-0.25, -0.2) is 0 Å².